The molecule has 98 valence electrons. The number of likely N-dealkylation sites (N-methyl/N-ethyl adjacent to an activating group) is 1. The number of nitrogens with two attached hydrogens (primary N) is 1. The molecule has 0 spiro atoms. The van der Waals surface area contributed by atoms with E-state index in [1.165, 1.54) is 48.0 Å². The van der Waals surface area contributed by atoms with Gasteiger partial charge >= 0.3 is 0 Å². The third-order valence-corrected chi connectivity index (χ3v) is 5.50. The number of likely N-dealkylation sites (tertiary alicyclic amines) is 1. The Morgan fingerprint density at radius 1 is 1.39 bits per heavy atom. The van der Waals surface area contributed by atoms with Gasteiger partial charge in [-0.15, -0.1) is 0 Å². The molecule has 0 unspecified atom stereocenters. The quantitative estimate of drug-likeness (QED) is 0.930. The van der Waals surface area contributed by atoms with Crippen LogP contribution in [0.3, 0.4) is 0 Å². The predicted molar refractivity (Wildman–Crippen MR) is 79.0 cm³/mol. The monoisotopic (exact) mass is 308 g/mol. The van der Waals surface area contributed by atoms with Crippen molar-refractivity contribution in [2.24, 2.45) is 5.73 Å². The molecule has 2 fully saturated rings. The molecule has 1 aliphatic carbocycles. The third kappa shape index (κ3) is 1.93. The molecule has 3 rings (SSSR count). The molecule has 18 heavy (non-hydrogen) atoms. The van der Waals surface area contributed by atoms with Crippen LogP contribution in [0.1, 0.15) is 36.3 Å². The molecule has 0 bridgehead atoms. The van der Waals surface area contributed by atoms with Crippen LogP contribution in [0.2, 0.25) is 0 Å². The Kier molecular flexibility index (Phi) is 3.25. The molecule has 0 atom stereocenters. The van der Waals surface area contributed by atoms with Crippen LogP contribution in [0, 0.1) is 0 Å². The lowest BCUT2D eigenvalue weighted by Crippen LogP contribution is -2.42. The fourth-order valence-electron chi connectivity index (χ4n) is 3.30. The van der Waals surface area contributed by atoms with Gasteiger partial charge in [0.05, 0.1) is 0 Å². The summed E-state index contributed by atoms with van der Waals surface area (Å²) in [5.74, 6) is 0.702. The van der Waals surface area contributed by atoms with Gasteiger partial charge in [0.15, 0.2) is 0 Å². The van der Waals surface area contributed by atoms with E-state index in [0.717, 1.165) is 6.54 Å². The van der Waals surface area contributed by atoms with Gasteiger partial charge < -0.3 is 10.6 Å². The molecule has 2 aliphatic rings. The van der Waals surface area contributed by atoms with Crippen LogP contribution in [-0.4, -0.2) is 31.6 Å². The van der Waals surface area contributed by atoms with Crippen LogP contribution < -0.4 is 5.73 Å². The summed E-state index contributed by atoms with van der Waals surface area (Å²) in [4.78, 5) is 2.36. The summed E-state index contributed by atoms with van der Waals surface area (Å²) in [7, 11) is 2.18. The molecule has 0 radical (unpaired) electrons. The highest BCUT2D eigenvalue weighted by atomic mass is 79.9. The second-order valence-corrected chi connectivity index (χ2v) is 6.85. The van der Waals surface area contributed by atoms with E-state index in [2.05, 4.69) is 46.1 Å². The second kappa shape index (κ2) is 4.62. The number of nitrogens with zero attached hydrogens (tertiary/aromatic N) is 1. The first-order chi connectivity index (χ1) is 8.64. The maximum Gasteiger partial charge on any atom is 0.0214 e. The zero-order valence-corrected chi connectivity index (χ0v) is 12.5. The summed E-state index contributed by atoms with van der Waals surface area (Å²) in [5, 5.41) is 0. The molecule has 2 nitrogen and oxygen atoms in total. The predicted octanol–water partition coefficient (Wildman–Crippen LogP) is 2.86. The molecule has 1 aromatic carbocycles. The van der Waals surface area contributed by atoms with Crippen molar-refractivity contribution in [3.63, 3.8) is 0 Å². The minimum absolute atomic E-state index is 0.275. The lowest BCUT2D eigenvalue weighted by Gasteiger charge is -2.42. The zero-order valence-electron chi connectivity index (χ0n) is 11.0. The molecular weight excluding hydrogens is 288 g/mol. The first kappa shape index (κ1) is 12.6. The van der Waals surface area contributed by atoms with E-state index in [-0.39, 0.29) is 5.41 Å². The average molecular weight is 309 g/mol. The van der Waals surface area contributed by atoms with Gasteiger partial charge in [0.1, 0.15) is 0 Å². The van der Waals surface area contributed by atoms with E-state index in [1.807, 2.05) is 0 Å². The third-order valence-electron chi connectivity index (χ3n) is 4.82. The standard InChI is InChI=1S/C15H21BrN2/c1-18-8-11(9-18)13-4-3-12(7-14(13)16)15(10-17)5-2-6-15/h3-4,7,11H,2,5-6,8-10,17H2,1H3. The van der Waals surface area contributed by atoms with Gasteiger partial charge in [-0.25, -0.2) is 0 Å². The molecule has 1 aliphatic heterocycles. The minimum atomic E-state index is 0.275. The smallest absolute Gasteiger partial charge is 0.0214 e. The number of halogens is 1. The van der Waals surface area contributed by atoms with Crippen molar-refractivity contribution < 1.29 is 0 Å². The van der Waals surface area contributed by atoms with Crippen molar-refractivity contribution in [1.29, 1.82) is 0 Å². The fraction of sp³-hybridized carbons (Fsp3) is 0.600. The minimum Gasteiger partial charge on any atom is -0.330 e. The highest BCUT2D eigenvalue weighted by molar-refractivity contribution is 9.10. The molecule has 0 aromatic heterocycles. The van der Waals surface area contributed by atoms with Crippen LogP contribution in [0.25, 0.3) is 0 Å². The average Bonchev–Trinajstić information content (AvgIpc) is 2.25. The van der Waals surface area contributed by atoms with E-state index in [0.29, 0.717) is 5.92 Å². The van der Waals surface area contributed by atoms with Crippen LogP contribution >= 0.6 is 15.9 Å². The maximum absolute atomic E-state index is 5.98. The lowest BCUT2D eigenvalue weighted by atomic mass is 9.64. The molecule has 2 N–H and O–H groups in total. The first-order valence-electron chi connectivity index (χ1n) is 6.83. The first-order valence-corrected chi connectivity index (χ1v) is 7.62. The van der Waals surface area contributed by atoms with Crippen LogP contribution in [-0.2, 0) is 5.41 Å². The number of rotatable bonds is 3. The summed E-state index contributed by atoms with van der Waals surface area (Å²) in [6.45, 7) is 3.14. The van der Waals surface area contributed by atoms with Crippen molar-refractivity contribution in [3.8, 4) is 0 Å². The highest BCUT2D eigenvalue weighted by Gasteiger charge is 2.37. The SMILES string of the molecule is CN1CC(c2ccc(C3(CN)CCC3)cc2Br)C1. The van der Waals surface area contributed by atoms with E-state index in [1.54, 1.807) is 0 Å². The van der Waals surface area contributed by atoms with E-state index in [9.17, 15) is 0 Å². The Morgan fingerprint density at radius 3 is 2.56 bits per heavy atom. The van der Waals surface area contributed by atoms with Gasteiger partial charge in [0.2, 0.25) is 0 Å². The van der Waals surface area contributed by atoms with E-state index >= 15 is 0 Å². The molecular formula is C15H21BrN2. The fourth-order valence-corrected chi connectivity index (χ4v) is 4.00. The summed E-state index contributed by atoms with van der Waals surface area (Å²) in [5.41, 5.74) is 9.15. The lowest BCUT2D eigenvalue weighted by molar-refractivity contribution is 0.189. The molecule has 1 saturated carbocycles. The van der Waals surface area contributed by atoms with Gasteiger partial charge in [-0.3, -0.25) is 0 Å². The summed E-state index contributed by atoms with van der Waals surface area (Å²) < 4.78 is 1.28. The molecule has 3 heteroatoms. The molecule has 1 aromatic rings. The zero-order chi connectivity index (χ0) is 12.8. The Labute approximate surface area is 118 Å². The summed E-state index contributed by atoms with van der Waals surface area (Å²) in [6.07, 6.45) is 3.83. The number of hydrogen-bond donors (Lipinski definition) is 1. The Balaban J connectivity index is 1.85. The highest BCUT2D eigenvalue weighted by Crippen LogP contribution is 2.44. The van der Waals surface area contributed by atoms with Crippen molar-refractivity contribution in [2.45, 2.75) is 30.6 Å². The van der Waals surface area contributed by atoms with Gasteiger partial charge in [0.25, 0.3) is 0 Å². The van der Waals surface area contributed by atoms with Crippen molar-refractivity contribution in [3.05, 3.63) is 33.8 Å². The largest absolute Gasteiger partial charge is 0.330 e. The summed E-state index contributed by atoms with van der Waals surface area (Å²) >= 11 is 3.76. The van der Waals surface area contributed by atoms with Gasteiger partial charge in [-0.2, -0.15) is 0 Å². The summed E-state index contributed by atoms with van der Waals surface area (Å²) in [6, 6.07) is 6.94. The van der Waals surface area contributed by atoms with Crippen LogP contribution in [0.4, 0.5) is 0 Å². The molecule has 0 amide bonds. The van der Waals surface area contributed by atoms with Crippen LogP contribution in [0.15, 0.2) is 22.7 Å². The topological polar surface area (TPSA) is 29.3 Å². The van der Waals surface area contributed by atoms with Gasteiger partial charge in [-0.1, -0.05) is 34.5 Å². The van der Waals surface area contributed by atoms with Gasteiger partial charge in [-0.05, 0) is 37.1 Å². The molecule has 1 saturated heterocycles. The van der Waals surface area contributed by atoms with E-state index in [4.69, 9.17) is 5.73 Å². The number of hydrogen-bond acceptors (Lipinski definition) is 2. The van der Waals surface area contributed by atoms with Crippen LogP contribution in [0.5, 0.6) is 0 Å². The van der Waals surface area contributed by atoms with Crippen molar-refractivity contribution >= 4 is 15.9 Å². The normalized spacial score (nSPS) is 23.5. The number of benzene rings is 1. The Morgan fingerprint density at radius 2 is 2.11 bits per heavy atom. The second-order valence-electron chi connectivity index (χ2n) is 5.99. The van der Waals surface area contributed by atoms with Gasteiger partial charge in [0, 0.05) is 35.4 Å². The maximum atomic E-state index is 5.98. The Hall–Kier alpha value is -0.380. The van der Waals surface area contributed by atoms with Crippen molar-refractivity contribution in [2.75, 3.05) is 26.7 Å². The van der Waals surface area contributed by atoms with E-state index < -0.39 is 0 Å². The van der Waals surface area contributed by atoms with Crippen molar-refractivity contribution in [1.82, 2.24) is 4.90 Å². The Bertz CT molecular complexity index is 442. The molecule has 1 heterocycles.